The van der Waals surface area contributed by atoms with Gasteiger partial charge in [-0.1, -0.05) is 6.92 Å². The Bertz CT molecular complexity index is 1390. The molecule has 13 heteroatoms. The Hall–Kier alpha value is -3.29. The van der Waals surface area contributed by atoms with Crippen LogP contribution in [0.4, 0.5) is 9.80 Å². The number of amides is 5. The van der Waals surface area contributed by atoms with Gasteiger partial charge in [0.1, 0.15) is 5.00 Å². The number of rotatable bonds is 5. The predicted molar refractivity (Wildman–Crippen MR) is 147 cm³/mol. The zero-order chi connectivity index (χ0) is 28.5. The Morgan fingerprint density at radius 1 is 1.00 bits per heavy atom. The molecule has 2 N–H and O–H groups in total. The molecule has 2 aliphatic rings. The summed E-state index contributed by atoms with van der Waals surface area (Å²) in [6, 6.07) is 5.11. The van der Waals surface area contributed by atoms with E-state index in [-0.39, 0.29) is 26.9 Å². The van der Waals surface area contributed by atoms with E-state index in [1.165, 1.54) is 65.8 Å². The predicted octanol–water partition coefficient (Wildman–Crippen LogP) is 2.74. The van der Waals surface area contributed by atoms with Gasteiger partial charge in [-0.05, 0) is 55.0 Å². The van der Waals surface area contributed by atoms with Crippen molar-refractivity contribution in [2.75, 3.05) is 39.0 Å². The van der Waals surface area contributed by atoms with E-state index >= 15 is 0 Å². The van der Waals surface area contributed by atoms with E-state index in [1.54, 1.807) is 4.90 Å². The number of hydrogen-bond acceptors (Lipinski definition) is 7. The number of hydrogen-bond donors (Lipinski definition) is 2. The number of benzene rings is 1. The first kappa shape index (κ1) is 28.7. The second-order valence-electron chi connectivity index (χ2n) is 10.1. The first-order valence-electron chi connectivity index (χ1n) is 12.7. The average molecular weight is 576 g/mol. The van der Waals surface area contributed by atoms with Gasteiger partial charge in [-0.15, -0.1) is 11.3 Å². The van der Waals surface area contributed by atoms with E-state index in [1.807, 2.05) is 0 Å². The Morgan fingerprint density at radius 2 is 1.64 bits per heavy atom. The van der Waals surface area contributed by atoms with Crippen LogP contribution >= 0.6 is 11.3 Å². The van der Waals surface area contributed by atoms with Crippen molar-refractivity contribution in [2.24, 2.45) is 5.92 Å². The minimum atomic E-state index is -3.66. The topological polar surface area (TPSA) is 136 Å². The molecule has 39 heavy (non-hydrogen) atoms. The van der Waals surface area contributed by atoms with Gasteiger partial charge in [0.15, 0.2) is 0 Å². The second kappa shape index (κ2) is 11.4. The molecule has 2 aromatic rings. The zero-order valence-corrected chi connectivity index (χ0v) is 24.1. The van der Waals surface area contributed by atoms with Crippen LogP contribution in [0.1, 0.15) is 57.8 Å². The third-order valence-electron chi connectivity index (χ3n) is 7.08. The van der Waals surface area contributed by atoms with Crippen LogP contribution in [-0.4, -0.2) is 80.0 Å². The fourth-order valence-corrected chi connectivity index (χ4v) is 7.33. The number of fused-ring (bicyclic) bond motifs is 1. The summed E-state index contributed by atoms with van der Waals surface area (Å²) in [6.45, 7) is 5.24. The standard InChI is InChI=1S/C26H33N5O6S2/c1-16-9-13-31(14-10-16)39(36,37)19-7-5-18(6-8-19)23(33)27-25-22(24(34)28-26(35)29(3)4)20-11-12-30(17(2)32)15-21(20)38-25/h5-8,16H,9-15H2,1-4H3,(H,27,33)(H,28,34,35). The van der Waals surface area contributed by atoms with Crippen molar-refractivity contribution in [3.8, 4) is 0 Å². The number of sulfonamides is 1. The molecular weight excluding hydrogens is 542 g/mol. The summed E-state index contributed by atoms with van der Waals surface area (Å²) in [4.78, 5) is 54.1. The third kappa shape index (κ3) is 6.15. The summed E-state index contributed by atoms with van der Waals surface area (Å²) >= 11 is 1.18. The van der Waals surface area contributed by atoms with Gasteiger partial charge in [-0.25, -0.2) is 13.2 Å². The molecule has 0 bridgehead atoms. The molecule has 1 aromatic heterocycles. The first-order chi connectivity index (χ1) is 18.4. The minimum Gasteiger partial charge on any atom is -0.337 e. The number of carbonyl (C=O) groups excluding carboxylic acids is 4. The lowest BCUT2D eigenvalue weighted by Gasteiger charge is -2.29. The highest BCUT2D eigenvalue weighted by molar-refractivity contribution is 7.89. The van der Waals surface area contributed by atoms with Gasteiger partial charge >= 0.3 is 6.03 Å². The molecule has 0 atom stereocenters. The number of piperidine rings is 1. The molecule has 210 valence electrons. The van der Waals surface area contributed by atoms with E-state index in [0.717, 1.165) is 17.7 Å². The lowest BCUT2D eigenvalue weighted by Crippen LogP contribution is -2.39. The van der Waals surface area contributed by atoms with E-state index in [0.29, 0.717) is 44.1 Å². The summed E-state index contributed by atoms with van der Waals surface area (Å²) in [5.74, 6) is -0.776. The Kier molecular flexibility index (Phi) is 8.42. The maximum atomic E-state index is 13.2. The molecule has 11 nitrogen and oxygen atoms in total. The lowest BCUT2D eigenvalue weighted by atomic mass is 10.0. The minimum absolute atomic E-state index is 0.0949. The highest BCUT2D eigenvalue weighted by Crippen LogP contribution is 2.37. The molecule has 1 saturated heterocycles. The summed E-state index contributed by atoms with van der Waals surface area (Å²) in [6.07, 6.45) is 2.03. The van der Waals surface area contributed by atoms with Crippen molar-refractivity contribution in [2.45, 2.75) is 44.6 Å². The number of urea groups is 1. The fraction of sp³-hybridized carbons (Fsp3) is 0.462. The van der Waals surface area contributed by atoms with E-state index in [4.69, 9.17) is 0 Å². The molecule has 1 aromatic carbocycles. The maximum absolute atomic E-state index is 13.2. The Morgan fingerprint density at radius 3 is 2.23 bits per heavy atom. The van der Waals surface area contributed by atoms with Crippen LogP contribution in [0.5, 0.6) is 0 Å². The van der Waals surface area contributed by atoms with Gasteiger partial charge in [0.05, 0.1) is 17.0 Å². The SMILES string of the molecule is CC(=O)N1CCc2c(sc(NC(=O)c3ccc(S(=O)(=O)N4CCC(C)CC4)cc3)c2C(=O)NC(=O)N(C)C)C1. The van der Waals surface area contributed by atoms with Crippen LogP contribution in [0.15, 0.2) is 29.2 Å². The number of carbonyl (C=O) groups is 4. The Balaban J connectivity index is 1.57. The smallest absolute Gasteiger partial charge is 0.323 e. The summed E-state index contributed by atoms with van der Waals surface area (Å²) in [7, 11) is -0.638. The van der Waals surface area contributed by atoms with Crippen molar-refractivity contribution in [1.82, 2.24) is 19.4 Å². The molecule has 0 radical (unpaired) electrons. The van der Waals surface area contributed by atoms with Crippen molar-refractivity contribution >= 4 is 50.1 Å². The van der Waals surface area contributed by atoms with Crippen LogP contribution in [0, 0.1) is 5.92 Å². The maximum Gasteiger partial charge on any atom is 0.323 e. The van der Waals surface area contributed by atoms with Crippen molar-refractivity contribution in [1.29, 1.82) is 0 Å². The van der Waals surface area contributed by atoms with E-state index < -0.39 is 27.9 Å². The van der Waals surface area contributed by atoms with Gasteiger partial charge in [0, 0.05) is 51.1 Å². The quantitative estimate of drug-likeness (QED) is 0.563. The molecule has 0 aliphatic carbocycles. The van der Waals surface area contributed by atoms with Crippen LogP contribution < -0.4 is 10.6 Å². The summed E-state index contributed by atoms with van der Waals surface area (Å²) < 4.78 is 27.5. The zero-order valence-electron chi connectivity index (χ0n) is 22.4. The third-order valence-corrected chi connectivity index (χ3v) is 10.1. The van der Waals surface area contributed by atoms with E-state index in [2.05, 4.69) is 17.6 Å². The molecule has 0 spiro atoms. The highest BCUT2D eigenvalue weighted by atomic mass is 32.2. The lowest BCUT2D eigenvalue weighted by molar-refractivity contribution is -0.129. The first-order valence-corrected chi connectivity index (χ1v) is 15.0. The number of anilines is 1. The molecular formula is C26H33N5O6S2. The number of imide groups is 1. The van der Waals surface area contributed by atoms with E-state index in [9.17, 15) is 27.6 Å². The van der Waals surface area contributed by atoms with Crippen molar-refractivity contribution < 1.29 is 27.6 Å². The van der Waals surface area contributed by atoms with Gasteiger partial charge < -0.3 is 15.1 Å². The molecule has 4 rings (SSSR count). The largest absolute Gasteiger partial charge is 0.337 e. The molecule has 0 unspecified atom stereocenters. The van der Waals surface area contributed by atoms with Gasteiger partial charge in [0.2, 0.25) is 15.9 Å². The fourth-order valence-electron chi connectivity index (χ4n) is 4.60. The average Bonchev–Trinajstić information content (AvgIpc) is 3.25. The summed E-state index contributed by atoms with van der Waals surface area (Å²) in [5.41, 5.74) is 1.10. The molecule has 2 aliphatic heterocycles. The molecule has 0 saturated carbocycles. The van der Waals surface area contributed by atoms with Crippen LogP contribution in [-0.2, 0) is 27.8 Å². The van der Waals surface area contributed by atoms with Gasteiger partial charge in [0.25, 0.3) is 11.8 Å². The Labute approximate surface area is 232 Å². The summed E-state index contributed by atoms with van der Waals surface area (Å²) in [5, 5.41) is 5.36. The van der Waals surface area contributed by atoms with Crippen LogP contribution in [0.3, 0.4) is 0 Å². The van der Waals surface area contributed by atoms with Crippen molar-refractivity contribution in [3.63, 3.8) is 0 Å². The monoisotopic (exact) mass is 575 g/mol. The highest BCUT2D eigenvalue weighted by Gasteiger charge is 2.31. The molecule has 1 fully saturated rings. The second-order valence-corrected chi connectivity index (χ2v) is 13.2. The number of nitrogens with one attached hydrogen (secondary N) is 2. The number of nitrogens with zero attached hydrogens (tertiary/aromatic N) is 3. The molecule has 3 heterocycles. The number of thiophene rings is 1. The molecule has 5 amide bonds. The van der Waals surface area contributed by atoms with Crippen molar-refractivity contribution in [3.05, 3.63) is 45.8 Å². The van der Waals surface area contributed by atoms with Crippen LogP contribution in [0.2, 0.25) is 0 Å². The van der Waals surface area contributed by atoms with Crippen LogP contribution in [0.25, 0.3) is 0 Å². The van der Waals surface area contributed by atoms with Gasteiger partial charge in [-0.3, -0.25) is 19.7 Å². The van der Waals surface area contributed by atoms with Gasteiger partial charge in [-0.2, -0.15) is 4.31 Å². The normalized spacial score (nSPS) is 16.4.